The minimum Gasteiger partial charge on any atom is -0.366 e. The highest BCUT2D eigenvalue weighted by molar-refractivity contribution is 6.31. The number of aryl methyl sites for hydroxylation is 1. The van der Waals surface area contributed by atoms with Gasteiger partial charge in [-0.05, 0) is 24.6 Å². The van der Waals surface area contributed by atoms with Crippen LogP contribution in [0.1, 0.15) is 5.56 Å². The maximum absolute atomic E-state index is 6.08. The van der Waals surface area contributed by atoms with Gasteiger partial charge in [0.05, 0.1) is 0 Å². The van der Waals surface area contributed by atoms with Gasteiger partial charge >= 0.3 is 0 Å². The van der Waals surface area contributed by atoms with Crippen LogP contribution in [-0.4, -0.2) is 16.5 Å². The fraction of sp³-hybridized carbons (Fsp3) is 0.143. The lowest BCUT2D eigenvalue weighted by Crippen LogP contribution is -2.02. The van der Waals surface area contributed by atoms with Gasteiger partial charge in [-0.15, -0.1) is 6.58 Å². The third kappa shape index (κ3) is 3.69. The van der Waals surface area contributed by atoms with E-state index < -0.39 is 0 Å². The Hall–Kier alpha value is -2.07. The molecule has 1 aromatic carbocycles. The van der Waals surface area contributed by atoms with Crippen LogP contribution >= 0.6 is 11.6 Å². The van der Waals surface area contributed by atoms with Crippen LogP contribution in [0.3, 0.4) is 0 Å². The van der Waals surface area contributed by atoms with Crippen molar-refractivity contribution in [3.05, 3.63) is 53.8 Å². The van der Waals surface area contributed by atoms with Crippen LogP contribution < -0.4 is 10.6 Å². The normalized spacial score (nSPS) is 10.0. The highest BCUT2D eigenvalue weighted by Crippen LogP contribution is 2.22. The second-order valence-corrected chi connectivity index (χ2v) is 4.45. The van der Waals surface area contributed by atoms with Gasteiger partial charge in [0, 0.05) is 23.3 Å². The molecular weight excluding hydrogens is 260 g/mol. The molecule has 98 valence electrons. The minimum absolute atomic E-state index is 0.660. The van der Waals surface area contributed by atoms with E-state index in [1.54, 1.807) is 6.08 Å². The molecule has 0 aliphatic carbocycles. The Morgan fingerprint density at radius 2 is 2.05 bits per heavy atom. The lowest BCUT2D eigenvalue weighted by atomic mass is 10.2. The van der Waals surface area contributed by atoms with E-state index in [1.807, 2.05) is 31.2 Å². The second kappa shape index (κ2) is 6.20. The molecule has 0 fully saturated rings. The number of aromatic nitrogens is 2. The monoisotopic (exact) mass is 274 g/mol. The first kappa shape index (κ1) is 13.4. The summed E-state index contributed by atoms with van der Waals surface area (Å²) in [5, 5.41) is 7.02. The molecular formula is C14H15ClN4. The number of hydrogen-bond acceptors (Lipinski definition) is 4. The standard InChI is InChI=1S/C14H15ClN4/c1-3-6-16-13-8-14(18-9-17-13)19-11-5-4-10(2)12(15)7-11/h3-5,7-9H,1,6H2,2H3,(H2,16,17,18,19). The summed E-state index contributed by atoms with van der Waals surface area (Å²) in [6, 6.07) is 7.62. The van der Waals surface area contributed by atoms with Gasteiger partial charge in [0.25, 0.3) is 0 Å². The molecule has 0 saturated carbocycles. The van der Waals surface area contributed by atoms with E-state index in [0.717, 1.165) is 22.1 Å². The Bertz CT molecular complexity index is 583. The molecule has 0 amide bonds. The lowest BCUT2D eigenvalue weighted by molar-refractivity contribution is 1.14. The number of benzene rings is 1. The molecule has 0 radical (unpaired) electrons. The van der Waals surface area contributed by atoms with Gasteiger partial charge in [-0.1, -0.05) is 23.7 Å². The Morgan fingerprint density at radius 3 is 2.79 bits per heavy atom. The van der Waals surface area contributed by atoms with Crippen LogP contribution in [0.2, 0.25) is 5.02 Å². The van der Waals surface area contributed by atoms with Gasteiger partial charge in [0.15, 0.2) is 0 Å². The summed E-state index contributed by atoms with van der Waals surface area (Å²) < 4.78 is 0. The van der Waals surface area contributed by atoms with Crippen molar-refractivity contribution < 1.29 is 0 Å². The molecule has 0 spiro atoms. The van der Waals surface area contributed by atoms with Gasteiger partial charge in [-0.2, -0.15) is 0 Å². The van der Waals surface area contributed by atoms with Gasteiger partial charge in [0.2, 0.25) is 0 Å². The third-order valence-corrected chi connectivity index (χ3v) is 2.95. The topological polar surface area (TPSA) is 49.8 Å². The first-order valence-electron chi connectivity index (χ1n) is 5.89. The lowest BCUT2D eigenvalue weighted by Gasteiger charge is -2.08. The molecule has 0 atom stereocenters. The van der Waals surface area contributed by atoms with Crippen molar-refractivity contribution in [3.8, 4) is 0 Å². The van der Waals surface area contributed by atoms with Crippen molar-refractivity contribution in [1.29, 1.82) is 0 Å². The van der Waals surface area contributed by atoms with Crippen molar-refractivity contribution in [3.63, 3.8) is 0 Å². The minimum atomic E-state index is 0.660. The first-order chi connectivity index (χ1) is 9.19. The number of halogens is 1. The molecule has 0 aliphatic rings. The number of anilines is 3. The first-order valence-corrected chi connectivity index (χ1v) is 6.27. The zero-order valence-electron chi connectivity index (χ0n) is 10.7. The van der Waals surface area contributed by atoms with Gasteiger partial charge < -0.3 is 10.6 Å². The summed E-state index contributed by atoms with van der Waals surface area (Å²) in [7, 11) is 0. The van der Waals surface area contributed by atoms with E-state index >= 15 is 0 Å². The van der Waals surface area contributed by atoms with Crippen LogP contribution in [0.25, 0.3) is 0 Å². The molecule has 0 saturated heterocycles. The third-order valence-electron chi connectivity index (χ3n) is 2.54. The fourth-order valence-electron chi connectivity index (χ4n) is 1.52. The van der Waals surface area contributed by atoms with Crippen molar-refractivity contribution in [2.75, 3.05) is 17.2 Å². The van der Waals surface area contributed by atoms with Crippen LogP contribution in [0.4, 0.5) is 17.3 Å². The van der Waals surface area contributed by atoms with Crippen molar-refractivity contribution in [2.45, 2.75) is 6.92 Å². The molecule has 2 aromatic rings. The fourth-order valence-corrected chi connectivity index (χ4v) is 1.70. The maximum Gasteiger partial charge on any atom is 0.135 e. The average molecular weight is 275 g/mol. The summed E-state index contributed by atoms with van der Waals surface area (Å²) in [5.41, 5.74) is 1.94. The SMILES string of the molecule is C=CCNc1cc(Nc2ccc(C)c(Cl)c2)ncn1. The number of nitrogens with one attached hydrogen (secondary N) is 2. The number of nitrogens with zero attached hydrogens (tertiary/aromatic N) is 2. The van der Waals surface area contributed by atoms with Gasteiger partial charge in [0.1, 0.15) is 18.0 Å². The summed E-state index contributed by atoms with van der Waals surface area (Å²) in [4.78, 5) is 8.28. The average Bonchev–Trinajstić information content (AvgIpc) is 2.41. The molecule has 0 bridgehead atoms. The molecule has 1 aromatic heterocycles. The second-order valence-electron chi connectivity index (χ2n) is 4.05. The van der Waals surface area contributed by atoms with Crippen LogP contribution in [-0.2, 0) is 0 Å². The van der Waals surface area contributed by atoms with Crippen molar-refractivity contribution >= 4 is 28.9 Å². The van der Waals surface area contributed by atoms with Crippen LogP contribution in [0.5, 0.6) is 0 Å². The smallest absolute Gasteiger partial charge is 0.135 e. The summed E-state index contributed by atoms with van der Waals surface area (Å²) in [5.74, 6) is 1.46. The Labute approximate surface area is 117 Å². The number of hydrogen-bond donors (Lipinski definition) is 2. The highest BCUT2D eigenvalue weighted by atomic mass is 35.5. The largest absolute Gasteiger partial charge is 0.366 e. The summed E-state index contributed by atoms with van der Waals surface area (Å²) in [6.07, 6.45) is 3.28. The number of rotatable bonds is 5. The Morgan fingerprint density at radius 1 is 1.26 bits per heavy atom. The Balaban J connectivity index is 2.13. The predicted molar refractivity (Wildman–Crippen MR) is 80.2 cm³/mol. The molecule has 2 rings (SSSR count). The highest BCUT2D eigenvalue weighted by Gasteiger charge is 2.01. The predicted octanol–water partition coefficient (Wildman–Crippen LogP) is 3.78. The molecule has 4 nitrogen and oxygen atoms in total. The maximum atomic E-state index is 6.08. The zero-order chi connectivity index (χ0) is 13.7. The van der Waals surface area contributed by atoms with Crippen LogP contribution in [0, 0.1) is 6.92 Å². The molecule has 0 unspecified atom stereocenters. The van der Waals surface area contributed by atoms with Gasteiger partial charge in [-0.3, -0.25) is 0 Å². The van der Waals surface area contributed by atoms with E-state index in [0.29, 0.717) is 12.4 Å². The van der Waals surface area contributed by atoms with E-state index in [-0.39, 0.29) is 0 Å². The van der Waals surface area contributed by atoms with Gasteiger partial charge in [-0.25, -0.2) is 9.97 Å². The summed E-state index contributed by atoms with van der Waals surface area (Å²) >= 11 is 6.08. The van der Waals surface area contributed by atoms with E-state index in [2.05, 4.69) is 27.2 Å². The molecule has 19 heavy (non-hydrogen) atoms. The Kier molecular flexibility index (Phi) is 4.36. The molecule has 2 N–H and O–H groups in total. The summed E-state index contributed by atoms with van der Waals surface area (Å²) in [6.45, 7) is 6.27. The molecule has 1 heterocycles. The molecule has 0 aliphatic heterocycles. The van der Waals surface area contributed by atoms with E-state index in [1.165, 1.54) is 6.33 Å². The quantitative estimate of drug-likeness (QED) is 0.815. The van der Waals surface area contributed by atoms with Crippen molar-refractivity contribution in [2.24, 2.45) is 0 Å². The van der Waals surface area contributed by atoms with E-state index in [9.17, 15) is 0 Å². The molecule has 5 heteroatoms. The van der Waals surface area contributed by atoms with Crippen molar-refractivity contribution in [1.82, 2.24) is 9.97 Å². The van der Waals surface area contributed by atoms with Crippen LogP contribution in [0.15, 0.2) is 43.2 Å². The zero-order valence-corrected chi connectivity index (χ0v) is 11.4. The van der Waals surface area contributed by atoms with E-state index in [4.69, 9.17) is 11.6 Å².